The molecule has 34 heavy (non-hydrogen) atoms. The van der Waals surface area contributed by atoms with Crippen LogP contribution in [0.15, 0.2) is 77.0 Å². The van der Waals surface area contributed by atoms with Gasteiger partial charge in [-0.3, -0.25) is 9.36 Å². The largest absolute Gasteiger partial charge is 0.272 e. The predicted octanol–water partition coefficient (Wildman–Crippen LogP) is 6.79. The first kappa shape index (κ1) is 24.6. The van der Waals surface area contributed by atoms with Crippen LogP contribution in [-0.4, -0.2) is 32.6 Å². The Balaban J connectivity index is 1.51. The maximum atomic E-state index is 12.4. The number of hydrogen-bond acceptors (Lipinski definition) is 5. The van der Waals surface area contributed by atoms with Crippen LogP contribution in [0.3, 0.4) is 0 Å². The van der Waals surface area contributed by atoms with Crippen molar-refractivity contribution in [1.29, 1.82) is 0 Å². The van der Waals surface area contributed by atoms with Gasteiger partial charge in [-0.2, -0.15) is 5.10 Å². The van der Waals surface area contributed by atoms with Crippen molar-refractivity contribution in [3.63, 3.8) is 0 Å². The molecule has 3 aromatic carbocycles. The number of amides is 1. The molecule has 0 saturated carbocycles. The van der Waals surface area contributed by atoms with Crippen molar-refractivity contribution in [3.05, 3.63) is 92.4 Å². The Kier molecular flexibility index (Phi) is 8.13. The summed E-state index contributed by atoms with van der Waals surface area (Å²) in [5.41, 5.74) is 4.70. The Morgan fingerprint density at radius 1 is 0.941 bits per heavy atom. The fourth-order valence-electron chi connectivity index (χ4n) is 2.93. The van der Waals surface area contributed by atoms with Crippen molar-refractivity contribution in [3.8, 4) is 17.1 Å². The highest BCUT2D eigenvalue weighted by Gasteiger charge is 2.17. The number of halogens is 4. The summed E-state index contributed by atoms with van der Waals surface area (Å²) >= 11 is 25.4. The van der Waals surface area contributed by atoms with E-state index >= 15 is 0 Å². The summed E-state index contributed by atoms with van der Waals surface area (Å²) in [5, 5.41) is 15.1. The SMILES string of the molecule is O=C(CSc1nnc(-c2ccc(Cl)cc2)n1-c1ccc(Cl)cc1)NN=Cc1cccc(Cl)c1Cl. The monoisotopic (exact) mass is 549 g/mol. The first-order valence-electron chi connectivity index (χ1n) is 9.78. The van der Waals surface area contributed by atoms with Crippen LogP contribution in [0.5, 0.6) is 0 Å². The van der Waals surface area contributed by atoms with Crippen LogP contribution in [0.25, 0.3) is 17.1 Å². The molecule has 1 amide bonds. The van der Waals surface area contributed by atoms with Gasteiger partial charge < -0.3 is 0 Å². The molecule has 6 nitrogen and oxygen atoms in total. The Bertz CT molecular complexity index is 1340. The normalized spacial score (nSPS) is 11.2. The maximum Gasteiger partial charge on any atom is 0.250 e. The van der Waals surface area contributed by atoms with Gasteiger partial charge in [0.1, 0.15) is 0 Å². The second-order valence-electron chi connectivity index (χ2n) is 6.85. The molecule has 0 fully saturated rings. The number of thioether (sulfide) groups is 1. The van der Waals surface area contributed by atoms with E-state index in [1.54, 1.807) is 42.5 Å². The molecule has 0 aliphatic heterocycles. The third kappa shape index (κ3) is 5.92. The number of nitrogens with one attached hydrogen (secondary N) is 1. The molecule has 0 unspecified atom stereocenters. The summed E-state index contributed by atoms with van der Waals surface area (Å²) in [4.78, 5) is 12.4. The molecule has 0 atom stereocenters. The van der Waals surface area contributed by atoms with Crippen LogP contribution < -0.4 is 5.43 Å². The highest BCUT2D eigenvalue weighted by atomic mass is 35.5. The van der Waals surface area contributed by atoms with Crippen molar-refractivity contribution in [2.45, 2.75) is 5.16 Å². The average molecular weight is 551 g/mol. The predicted molar refractivity (Wildman–Crippen MR) is 140 cm³/mol. The number of rotatable bonds is 7. The summed E-state index contributed by atoms with van der Waals surface area (Å²) in [7, 11) is 0. The number of nitrogens with zero attached hydrogens (tertiary/aromatic N) is 4. The van der Waals surface area contributed by atoms with Gasteiger partial charge in [0.25, 0.3) is 5.91 Å². The van der Waals surface area contributed by atoms with Crippen LogP contribution in [0.1, 0.15) is 5.56 Å². The molecule has 0 bridgehead atoms. The zero-order valence-corrected chi connectivity index (χ0v) is 21.1. The Morgan fingerprint density at radius 2 is 1.62 bits per heavy atom. The molecule has 0 spiro atoms. The van der Waals surface area contributed by atoms with E-state index < -0.39 is 0 Å². The van der Waals surface area contributed by atoms with Crippen molar-refractivity contribution in [2.75, 3.05) is 5.75 Å². The van der Waals surface area contributed by atoms with Gasteiger partial charge in [-0.05, 0) is 54.6 Å². The van der Waals surface area contributed by atoms with Gasteiger partial charge in [-0.15, -0.1) is 10.2 Å². The zero-order chi connectivity index (χ0) is 24.1. The lowest BCUT2D eigenvalue weighted by Gasteiger charge is -2.10. The van der Waals surface area contributed by atoms with Crippen LogP contribution in [-0.2, 0) is 4.79 Å². The molecule has 172 valence electrons. The number of carbonyl (C=O) groups is 1. The smallest absolute Gasteiger partial charge is 0.250 e. The lowest BCUT2D eigenvalue weighted by Crippen LogP contribution is -2.20. The van der Waals surface area contributed by atoms with Gasteiger partial charge in [-0.25, -0.2) is 5.43 Å². The first-order valence-corrected chi connectivity index (χ1v) is 12.3. The third-order valence-electron chi connectivity index (χ3n) is 4.53. The summed E-state index contributed by atoms with van der Waals surface area (Å²) in [6.45, 7) is 0. The van der Waals surface area contributed by atoms with Crippen LogP contribution in [0.2, 0.25) is 20.1 Å². The van der Waals surface area contributed by atoms with Crippen LogP contribution >= 0.6 is 58.2 Å². The fraction of sp³-hybridized carbons (Fsp3) is 0.0435. The molecule has 4 rings (SSSR count). The second-order valence-corrected chi connectivity index (χ2v) is 9.45. The first-order chi connectivity index (χ1) is 16.4. The highest BCUT2D eigenvalue weighted by molar-refractivity contribution is 7.99. The summed E-state index contributed by atoms with van der Waals surface area (Å²) < 4.78 is 1.85. The maximum absolute atomic E-state index is 12.4. The molecule has 0 aliphatic carbocycles. The van der Waals surface area contributed by atoms with E-state index in [4.69, 9.17) is 46.4 Å². The number of benzene rings is 3. The van der Waals surface area contributed by atoms with Gasteiger partial charge in [0.05, 0.1) is 22.0 Å². The summed E-state index contributed by atoms with van der Waals surface area (Å²) in [5.74, 6) is 0.348. The van der Waals surface area contributed by atoms with E-state index in [1.165, 1.54) is 18.0 Å². The number of hydrazone groups is 1. The minimum atomic E-state index is -0.321. The van der Waals surface area contributed by atoms with Gasteiger partial charge in [0.15, 0.2) is 11.0 Å². The number of carbonyl (C=O) groups excluding carboxylic acids is 1. The molecule has 1 aromatic heterocycles. The zero-order valence-electron chi connectivity index (χ0n) is 17.3. The lowest BCUT2D eigenvalue weighted by molar-refractivity contribution is -0.118. The Labute approximate surface area is 219 Å². The minimum Gasteiger partial charge on any atom is -0.272 e. The molecule has 4 aromatic rings. The quantitative estimate of drug-likeness (QED) is 0.156. The molecular weight excluding hydrogens is 536 g/mol. The second kappa shape index (κ2) is 11.3. The van der Waals surface area contributed by atoms with E-state index in [2.05, 4.69) is 20.7 Å². The average Bonchev–Trinajstić information content (AvgIpc) is 3.25. The molecular formula is C23H15Cl4N5OS. The molecule has 1 N–H and O–H groups in total. The van der Waals surface area contributed by atoms with Crippen molar-refractivity contribution in [2.24, 2.45) is 5.10 Å². The van der Waals surface area contributed by atoms with Crippen molar-refractivity contribution >= 4 is 70.3 Å². The fourth-order valence-corrected chi connectivity index (χ4v) is 4.28. The third-order valence-corrected chi connectivity index (χ3v) is 6.79. The van der Waals surface area contributed by atoms with Gasteiger partial charge >= 0.3 is 0 Å². The highest BCUT2D eigenvalue weighted by Crippen LogP contribution is 2.29. The molecule has 11 heteroatoms. The summed E-state index contributed by atoms with van der Waals surface area (Å²) in [6.07, 6.45) is 1.44. The van der Waals surface area contributed by atoms with E-state index in [0.29, 0.717) is 36.6 Å². The molecule has 0 saturated heterocycles. The minimum absolute atomic E-state index is 0.0625. The van der Waals surface area contributed by atoms with Gasteiger partial charge in [0.2, 0.25) is 0 Å². The topological polar surface area (TPSA) is 72.2 Å². The van der Waals surface area contributed by atoms with Crippen LogP contribution in [0.4, 0.5) is 0 Å². The molecule has 0 radical (unpaired) electrons. The number of hydrogen-bond donors (Lipinski definition) is 1. The van der Waals surface area contributed by atoms with E-state index in [1.807, 2.05) is 28.8 Å². The van der Waals surface area contributed by atoms with Crippen molar-refractivity contribution < 1.29 is 4.79 Å². The van der Waals surface area contributed by atoms with E-state index in [-0.39, 0.29) is 11.7 Å². The summed E-state index contributed by atoms with van der Waals surface area (Å²) in [6, 6.07) is 19.7. The molecule has 0 aliphatic rings. The van der Waals surface area contributed by atoms with Gasteiger partial charge in [-0.1, -0.05) is 70.3 Å². The lowest BCUT2D eigenvalue weighted by atomic mass is 10.2. The van der Waals surface area contributed by atoms with E-state index in [9.17, 15) is 4.79 Å². The molecule has 1 heterocycles. The Morgan fingerprint density at radius 3 is 2.32 bits per heavy atom. The van der Waals surface area contributed by atoms with Gasteiger partial charge in [0, 0.05) is 26.9 Å². The Hall–Kier alpha value is -2.55. The van der Waals surface area contributed by atoms with E-state index in [0.717, 1.165) is 11.3 Å². The number of aromatic nitrogens is 3. The standard InChI is InChI=1S/C23H15Cl4N5OS/c24-16-6-4-14(5-7-16)22-30-31-23(32(22)18-10-8-17(25)9-11-18)34-13-20(33)29-28-12-15-2-1-3-19(26)21(15)27/h1-12H,13H2,(H,29,33). The van der Waals surface area contributed by atoms with Crippen LogP contribution in [0, 0.1) is 0 Å². The van der Waals surface area contributed by atoms with Crippen molar-refractivity contribution in [1.82, 2.24) is 20.2 Å².